The maximum Gasteiger partial charge on any atom is 0.252 e. The first-order valence-corrected chi connectivity index (χ1v) is 7.41. The fraction of sp³-hybridized carbons (Fsp3) is 0.471. The quantitative estimate of drug-likeness (QED) is 0.784. The molecule has 4 nitrogen and oxygen atoms in total. The van der Waals surface area contributed by atoms with Crippen LogP contribution in [-0.4, -0.2) is 37.2 Å². The second kappa shape index (κ2) is 5.90. The van der Waals surface area contributed by atoms with E-state index in [1.54, 1.807) is 13.4 Å². The Hall–Kier alpha value is -1.81. The Labute approximate surface area is 125 Å². The van der Waals surface area contributed by atoms with E-state index in [0.717, 1.165) is 18.5 Å². The summed E-state index contributed by atoms with van der Waals surface area (Å²) in [6.07, 6.45) is 2.87. The number of carbonyl (C=O) groups excluding carboxylic acids is 1. The average Bonchev–Trinajstić information content (AvgIpc) is 2.96. The highest BCUT2D eigenvalue weighted by Crippen LogP contribution is 2.31. The monoisotopic (exact) mass is 287 g/mol. The normalized spacial score (nSPS) is 26.8. The smallest absolute Gasteiger partial charge is 0.252 e. The van der Waals surface area contributed by atoms with E-state index in [1.807, 2.05) is 11.0 Å². The molecular formula is C17H21NO3. The summed E-state index contributed by atoms with van der Waals surface area (Å²) >= 11 is 0. The van der Waals surface area contributed by atoms with Crippen molar-refractivity contribution in [3.63, 3.8) is 0 Å². The zero-order valence-electron chi connectivity index (χ0n) is 12.5. The molecule has 1 amide bonds. The first-order chi connectivity index (χ1) is 10.2. The molecule has 1 fully saturated rings. The largest absolute Gasteiger partial charge is 0.504 e. The number of carbonyl (C=O) groups is 1. The van der Waals surface area contributed by atoms with E-state index >= 15 is 0 Å². The van der Waals surface area contributed by atoms with Gasteiger partial charge in [-0.3, -0.25) is 4.79 Å². The molecule has 0 unspecified atom stereocenters. The van der Waals surface area contributed by atoms with Crippen molar-refractivity contribution in [1.29, 1.82) is 0 Å². The molecule has 0 radical (unpaired) electrons. The second-order valence-electron chi connectivity index (χ2n) is 5.67. The summed E-state index contributed by atoms with van der Waals surface area (Å²) in [6.45, 7) is 3.35. The summed E-state index contributed by atoms with van der Waals surface area (Å²) in [5.74, 6) is 0.0940. The number of benzene rings is 1. The van der Waals surface area contributed by atoms with Crippen LogP contribution in [0.4, 0.5) is 0 Å². The molecule has 21 heavy (non-hydrogen) atoms. The molecule has 1 aromatic rings. The van der Waals surface area contributed by atoms with Crippen molar-refractivity contribution < 1.29 is 14.3 Å². The molecule has 0 bridgehead atoms. The Bertz CT molecular complexity index is 567. The summed E-state index contributed by atoms with van der Waals surface area (Å²) in [6, 6.07) is 8.48. The third-order valence-corrected chi connectivity index (χ3v) is 4.36. The molecule has 0 aliphatic carbocycles. The predicted molar refractivity (Wildman–Crippen MR) is 79.7 cm³/mol. The highest BCUT2D eigenvalue weighted by Gasteiger charge is 2.35. The number of amides is 1. The van der Waals surface area contributed by atoms with Gasteiger partial charge >= 0.3 is 0 Å². The van der Waals surface area contributed by atoms with Crippen LogP contribution in [-0.2, 0) is 20.7 Å². The summed E-state index contributed by atoms with van der Waals surface area (Å²) in [7, 11) is 1.62. The SMILES string of the molecule is CO/C=C1/CO[C@H](C(=O)N2CCc3ccccc3[C@@H]2C)C1. The number of methoxy groups -OCH3 is 1. The lowest BCUT2D eigenvalue weighted by Crippen LogP contribution is -2.44. The Balaban J connectivity index is 1.74. The van der Waals surface area contributed by atoms with E-state index in [2.05, 4.69) is 25.1 Å². The Kier molecular flexibility index (Phi) is 3.97. The van der Waals surface area contributed by atoms with Gasteiger partial charge in [-0.05, 0) is 30.0 Å². The molecule has 1 saturated heterocycles. The molecule has 3 rings (SSSR count). The minimum Gasteiger partial charge on any atom is -0.504 e. The first kappa shape index (κ1) is 14.1. The standard InChI is InChI=1S/C17H21NO3/c1-12-15-6-4-3-5-14(15)7-8-18(12)17(19)16-9-13(10-20-2)11-21-16/h3-6,10,12,16H,7-9,11H2,1-2H3/b13-10+/t12-,16-/m0/s1. The summed E-state index contributed by atoms with van der Waals surface area (Å²) in [5.41, 5.74) is 3.64. The molecule has 112 valence electrons. The number of nitrogens with zero attached hydrogens (tertiary/aromatic N) is 1. The van der Waals surface area contributed by atoms with Gasteiger partial charge in [0.2, 0.25) is 0 Å². The van der Waals surface area contributed by atoms with Crippen LogP contribution in [0.1, 0.15) is 30.5 Å². The number of fused-ring (bicyclic) bond motifs is 1. The van der Waals surface area contributed by atoms with Crippen molar-refractivity contribution in [3.8, 4) is 0 Å². The number of rotatable bonds is 2. The molecule has 2 heterocycles. The van der Waals surface area contributed by atoms with Gasteiger partial charge in [0.05, 0.1) is 26.0 Å². The second-order valence-corrected chi connectivity index (χ2v) is 5.67. The minimum atomic E-state index is -0.362. The van der Waals surface area contributed by atoms with Crippen LogP contribution < -0.4 is 0 Å². The summed E-state index contributed by atoms with van der Waals surface area (Å²) in [4.78, 5) is 14.7. The predicted octanol–water partition coefficient (Wildman–Crippen LogP) is 2.45. The Morgan fingerprint density at radius 1 is 1.43 bits per heavy atom. The molecule has 0 aromatic heterocycles. The van der Waals surface area contributed by atoms with Crippen LogP contribution in [0.5, 0.6) is 0 Å². The summed E-state index contributed by atoms with van der Waals surface area (Å²) in [5, 5.41) is 0. The van der Waals surface area contributed by atoms with E-state index in [0.29, 0.717) is 13.0 Å². The molecule has 2 aliphatic rings. The van der Waals surface area contributed by atoms with E-state index in [4.69, 9.17) is 9.47 Å². The van der Waals surface area contributed by atoms with Gasteiger partial charge in [0, 0.05) is 13.0 Å². The van der Waals surface area contributed by atoms with Gasteiger partial charge in [0.15, 0.2) is 0 Å². The molecule has 2 atom stereocenters. The van der Waals surface area contributed by atoms with Gasteiger partial charge in [-0.1, -0.05) is 24.3 Å². The van der Waals surface area contributed by atoms with Gasteiger partial charge in [-0.25, -0.2) is 0 Å². The zero-order chi connectivity index (χ0) is 14.8. The van der Waals surface area contributed by atoms with Crippen molar-refractivity contribution in [2.24, 2.45) is 0 Å². The van der Waals surface area contributed by atoms with E-state index in [9.17, 15) is 4.79 Å². The molecule has 0 saturated carbocycles. The van der Waals surface area contributed by atoms with Crippen LogP contribution in [0.15, 0.2) is 36.1 Å². The van der Waals surface area contributed by atoms with Crippen LogP contribution in [0.2, 0.25) is 0 Å². The highest BCUT2D eigenvalue weighted by atomic mass is 16.5. The molecule has 2 aliphatic heterocycles. The topological polar surface area (TPSA) is 38.8 Å². The van der Waals surface area contributed by atoms with Crippen molar-refractivity contribution in [3.05, 3.63) is 47.2 Å². The fourth-order valence-corrected chi connectivity index (χ4v) is 3.23. The van der Waals surface area contributed by atoms with Gasteiger partial charge < -0.3 is 14.4 Å². The van der Waals surface area contributed by atoms with E-state index in [-0.39, 0.29) is 18.1 Å². The van der Waals surface area contributed by atoms with E-state index in [1.165, 1.54) is 11.1 Å². The average molecular weight is 287 g/mol. The fourth-order valence-electron chi connectivity index (χ4n) is 3.23. The van der Waals surface area contributed by atoms with Gasteiger partial charge in [0.1, 0.15) is 6.10 Å². The first-order valence-electron chi connectivity index (χ1n) is 7.41. The molecule has 0 spiro atoms. The van der Waals surface area contributed by atoms with Gasteiger partial charge in [-0.15, -0.1) is 0 Å². The third kappa shape index (κ3) is 2.68. The Morgan fingerprint density at radius 2 is 2.24 bits per heavy atom. The number of hydrogen-bond donors (Lipinski definition) is 0. The van der Waals surface area contributed by atoms with Crippen LogP contribution >= 0.6 is 0 Å². The van der Waals surface area contributed by atoms with Gasteiger partial charge in [-0.2, -0.15) is 0 Å². The Morgan fingerprint density at radius 3 is 3.05 bits per heavy atom. The highest BCUT2D eigenvalue weighted by molar-refractivity contribution is 5.82. The van der Waals surface area contributed by atoms with Crippen molar-refractivity contribution in [1.82, 2.24) is 4.90 Å². The van der Waals surface area contributed by atoms with Crippen molar-refractivity contribution in [2.75, 3.05) is 20.3 Å². The lowest BCUT2D eigenvalue weighted by molar-refractivity contribution is -0.143. The molecule has 0 N–H and O–H groups in total. The molecule has 1 aromatic carbocycles. The third-order valence-electron chi connectivity index (χ3n) is 4.36. The van der Waals surface area contributed by atoms with Gasteiger partial charge in [0.25, 0.3) is 5.91 Å². The lowest BCUT2D eigenvalue weighted by atomic mass is 9.93. The molecular weight excluding hydrogens is 266 g/mol. The minimum absolute atomic E-state index is 0.0940. The van der Waals surface area contributed by atoms with Crippen molar-refractivity contribution >= 4 is 5.91 Å². The number of ether oxygens (including phenoxy) is 2. The maximum absolute atomic E-state index is 12.7. The van der Waals surface area contributed by atoms with Crippen molar-refractivity contribution in [2.45, 2.75) is 31.9 Å². The lowest BCUT2D eigenvalue weighted by Gasteiger charge is -2.36. The molecule has 4 heteroatoms. The maximum atomic E-state index is 12.7. The summed E-state index contributed by atoms with van der Waals surface area (Å²) < 4.78 is 10.6. The zero-order valence-corrected chi connectivity index (χ0v) is 12.5. The number of hydrogen-bond acceptors (Lipinski definition) is 3. The van der Waals surface area contributed by atoms with Crippen LogP contribution in [0, 0.1) is 0 Å². The van der Waals surface area contributed by atoms with Crippen LogP contribution in [0.25, 0.3) is 0 Å². The van der Waals surface area contributed by atoms with E-state index < -0.39 is 0 Å². The van der Waals surface area contributed by atoms with Crippen LogP contribution in [0.3, 0.4) is 0 Å².